The first-order valence-corrected chi connectivity index (χ1v) is 9.81. The molecule has 1 aliphatic heterocycles. The summed E-state index contributed by atoms with van der Waals surface area (Å²) in [5.74, 6) is 1.76. The predicted octanol–water partition coefficient (Wildman–Crippen LogP) is 3.53. The molecule has 3 aromatic heterocycles. The minimum atomic E-state index is 0.674. The third-order valence-corrected chi connectivity index (χ3v) is 5.35. The van der Waals surface area contributed by atoms with Crippen LogP contribution in [0.15, 0.2) is 42.9 Å². The molecule has 0 N–H and O–H groups in total. The maximum Gasteiger partial charge on any atom is 0.163 e. The summed E-state index contributed by atoms with van der Waals surface area (Å²) in [6, 6.07) is 7.80. The summed E-state index contributed by atoms with van der Waals surface area (Å²) < 4.78 is 0. The van der Waals surface area contributed by atoms with E-state index >= 15 is 0 Å². The van der Waals surface area contributed by atoms with Gasteiger partial charge < -0.3 is 4.90 Å². The van der Waals surface area contributed by atoms with Gasteiger partial charge in [0.1, 0.15) is 5.82 Å². The van der Waals surface area contributed by atoms with Gasteiger partial charge in [-0.3, -0.25) is 14.9 Å². The van der Waals surface area contributed by atoms with Crippen molar-refractivity contribution in [1.29, 1.82) is 0 Å². The number of hydrogen-bond donors (Lipinski definition) is 0. The molecule has 1 fully saturated rings. The fourth-order valence-corrected chi connectivity index (χ4v) is 3.50. The van der Waals surface area contributed by atoms with E-state index in [0.717, 1.165) is 66.9 Å². The van der Waals surface area contributed by atoms with Crippen molar-refractivity contribution in [1.82, 2.24) is 24.8 Å². The second-order valence-electron chi connectivity index (χ2n) is 7.05. The van der Waals surface area contributed by atoms with Crippen LogP contribution in [0.2, 0.25) is 5.02 Å². The first-order chi connectivity index (χ1) is 13.6. The third-order valence-electron chi connectivity index (χ3n) is 5.13. The van der Waals surface area contributed by atoms with Crippen molar-refractivity contribution in [3.05, 3.63) is 64.8 Å². The summed E-state index contributed by atoms with van der Waals surface area (Å²) in [7, 11) is 0. The standard InChI is InChI=1S/C21H23ClN6/c1-15-16(2)25-20(17-4-3-7-23-12-17)26-21(15)28-10-8-27(9-11-28)14-19-6-5-18(22)13-24-19/h3-7,12-13H,8-11,14H2,1-2H3. The molecule has 6 nitrogen and oxygen atoms in total. The monoisotopic (exact) mass is 394 g/mol. The van der Waals surface area contributed by atoms with Gasteiger partial charge in [-0.25, -0.2) is 9.97 Å². The van der Waals surface area contributed by atoms with E-state index in [9.17, 15) is 0 Å². The summed E-state index contributed by atoms with van der Waals surface area (Å²) in [6.07, 6.45) is 5.28. The van der Waals surface area contributed by atoms with Crippen LogP contribution in [0.5, 0.6) is 0 Å². The van der Waals surface area contributed by atoms with Gasteiger partial charge >= 0.3 is 0 Å². The van der Waals surface area contributed by atoms with Crippen molar-refractivity contribution in [2.45, 2.75) is 20.4 Å². The Balaban J connectivity index is 1.48. The van der Waals surface area contributed by atoms with E-state index in [1.807, 2.05) is 37.4 Å². The van der Waals surface area contributed by atoms with Gasteiger partial charge in [-0.1, -0.05) is 11.6 Å². The van der Waals surface area contributed by atoms with E-state index in [1.54, 1.807) is 12.4 Å². The Labute approximate surface area is 170 Å². The molecule has 0 spiro atoms. The van der Waals surface area contributed by atoms with E-state index in [4.69, 9.17) is 16.6 Å². The summed E-state index contributed by atoms with van der Waals surface area (Å²) in [5, 5.41) is 0.674. The molecule has 0 saturated carbocycles. The lowest BCUT2D eigenvalue weighted by Crippen LogP contribution is -2.46. The molecule has 0 bridgehead atoms. The molecule has 0 aromatic carbocycles. The van der Waals surface area contributed by atoms with Crippen LogP contribution in [0.1, 0.15) is 17.0 Å². The van der Waals surface area contributed by atoms with Crippen LogP contribution < -0.4 is 4.90 Å². The second kappa shape index (κ2) is 8.20. The number of piperazine rings is 1. The Morgan fingerprint density at radius 1 is 1.00 bits per heavy atom. The maximum absolute atomic E-state index is 5.93. The number of nitrogens with zero attached hydrogens (tertiary/aromatic N) is 6. The van der Waals surface area contributed by atoms with Crippen molar-refractivity contribution in [3.8, 4) is 11.4 Å². The largest absolute Gasteiger partial charge is 0.354 e. The van der Waals surface area contributed by atoms with Crippen LogP contribution in [0.25, 0.3) is 11.4 Å². The highest BCUT2D eigenvalue weighted by molar-refractivity contribution is 6.30. The van der Waals surface area contributed by atoms with Crippen LogP contribution >= 0.6 is 11.6 Å². The Hall–Kier alpha value is -2.57. The van der Waals surface area contributed by atoms with Gasteiger partial charge in [0.05, 0.1) is 10.7 Å². The highest BCUT2D eigenvalue weighted by Crippen LogP contribution is 2.25. The second-order valence-corrected chi connectivity index (χ2v) is 7.49. The summed E-state index contributed by atoms with van der Waals surface area (Å²) >= 11 is 5.93. The zero-order chi connectivity index (χ0) is 19.5. The van der Waals surface area contributed by atoms with Crippen molar-refractivity contribution in [2.24, 2.45) is 0 Å². The molecule has 0 amide bonds. The molecule has 4 rings (SSSR count). The molecule has 144 valence electrons. The molecule has 3 aromatic rings. The SMILES string of the molecule is Cc1nc(-c2cccnc2)nc(N2CCN(Cc3ccc(Cl)cn3)CC2)c1C. The minimum absolute atomic E-state index is 0.674. The van der Waals surface area contributed by atoms with Gasteiger partial charge in [-0.15, -0.1) is 0 Å². The molecule has 1 aliphatic rings. The average molecular weight is 395 g/mol. The summed E-state index contributed by atoms with van der Waals surface area (Å²) in [5.41, 5.74) is 4.14. The highest BCUT2D eigenvalue weighted by Gasteiger charge is 2.21. The number of halogens is 1. The van der Waals surface area contributed by atoms with Crippen molar-refractivity contribution in [2.75, 3.05) is 31.1 Å². The zero-order valence-corrected chi connectivity index (χ0v) is 16.9. The Morgan fingerprint density at radius 3 is 2.50 bits per heavy atom. The molecule has 0 atom stereocenters. The topological polar surface area (TPSA) is 58.0 Å². The Morgan fingerprint density at radius 2 is 1.82 bits per heavy atom. The molecular weight excluding hydrogens is 372 g/mol. The van der Waals surface area contributed by atoms with Crippen molar-refractivity contribution < 1.29 is 0 Å². The third kappa shape index (κ3) is 4.13. The number of rotatable bonds is 4. The van der Waals surface area contributed by atoms with Crippen LogP contribution in [-0.2, 0) is 6.54 Å². The number of pyridine rings is 2. The quantitative estimate of drug-likeness (QED) is 0.674. The smallest absolute Gasteiger partial charge is 0.163 e. The molecule has 0 radical (unpaired) electrons. The Kier molecular flexibility index (Phi) is 5.50. The summed E-state index contributed by atoms with van der Waals surface area (Å²) in [6.45, 7) is 8.77. The lowest BCUT2D eigenvalue weighted by atomic mass is 10.2. The predicted molar refractivity (Wildman–Crippen MR) is 111 cm³/mol. The fraction of sp³-hybridized carbons (Fsp3) is 0.333. The lowest BCUT2D eigenvalue weighted by molar-refractivity contribution is 0.246. The molecular formula is C21H23ClN6. The van der Waals surface area contributed by atoms with Gasteiger partial charge in [0.15, 0.2) is 5.82 Å². The first-order valence-electron chi connectivity index (χ1n) is 9.43. The minimum Gasteiger partial charge on any atom is -0.354 e. The molecule has 0 aliphatic carbocycles. The van der Waals surface area contributed by atoms with Gasteiger partial charge in [-0.05, 0) is 38.1 Å². The number of hydrogen-bond acceptors (Lipinski definition) is 6. The van der Waals surface area contributed by atoms with Gasteiger partial charge in [0, 0.05) is 68.1 Å². The van der Waals surface area contributed by atoms with Gasteiger partial charge in [0.25, 0.3) is 0 Å². The fourth-order valence-electron chi connectivity index (χ4n) is 3.39. The van der Waals surface area contributed by atoms with E-state index in [0.29, 0.717) is 5.02 Å². The van der Waals surface area contributed by atoms with Gasteiger partial charge in [0.2, 0.25) is 0 Å². The van der Waals surface area contributed by atoms with E-state index < -0.39 is 0 Å². The highest BCUT2D eigenvalue weighted by atomic mass is 35.5. The molecule has 7 heteroatoms. The van der Waals surface area contributed by atoms with E-state index in [2.05, 4.69) is 31.7 Å². The first kappa shape index (κ1) is 18.8. The van der Waals surface area contributed by atoms with Gasteiger partial charge in [-0.2, -0.15) is 0 Å². The van der Waals surface area contributed by atoms with Crippen molar-refractivity contribution >= 4 is 17.4 Å². The maximum atomic E-state index is 5.93. The molecule has 4 heterocycles. The average Bonchev–Trinajstić information content (AvgIpc) is 2.73. The zero-order valence-electron chi connectivity index (χ0n) is 16.1. The lowest BCUT2D eigenvalue weighted by Gasteiger charge is -2.36. The number of anilines is 1. The van der Waals surface area contributed by atoms with Crippen molar-refractivity contribution in [3.63, 3.8) is 0 Å². The van der Waals surface area contributed by atoms with E-state index in [-0.39, 0.29) is 0 Å². The molecule has 0 unspecified atom stereocenters. The number of aryl methyl sites for hydroxylation is 1. The van der Waals surface area contributed by atoms with Crippen LogP contribution in [-0.4, -0.2) is 51.0 Å². The Bertz CT molecular complexity index is 937. The van der Waals surface area contributed by atoms with Crippen LogP contribution in [0.4, 0.5) is 5.82 Å². The van der Waals surface area contributed by atoms with Crippen LogP contribution in [0, 0.1) is 13.8 Å². The van der Waals surface area contributed by atoms with Crippen LogP contribution in [0.3, 0.4) is 0 Å². The molecule has 1 saturated heterocycles. The molecule has 28 heavy (non-hydrogen) atoms. The summed E-state index contributed by atoms with van der Waals surface area (Å²) in [4.78, 5) is 22.9. The number of aromatic nitrogens is 4. The van der Waals surface area contributed by atoms with E-state index in [1.165, 1.54) is 0 Å². The normalized spacial score (nSPS) is 15.0.